The van der Waals surface area contributed by atoms with Crippen molar-refractivity contribution in [3.8, 4) is 5.75 Å². The molecule has 0 spiro atoms. The Balaban J connectivity index is 2.03. The second-order valence-electron chi connectivity index (χ2n) is 3.53. The molecule has 0 atom stereocenters. The normalized spacial score (nSPS) is 13.5. The molecule has 0 unspecified atom stereocenters. The van der Waals surface area contributed by atoms with Gasteiger partial charge in [0.2, 0.25) is 5.91 Å². The van der Waals surface area contributed by atoms with Crippen molar-refractivity contribution in [3.63, 3.8) is 0 Å². The second-order valence-corrected chi connectivity index (χ2v) is 3.53. The van der Waals surface area contributed by atoms with E-state index in [1.807, 2.05) is 18.2 Å². The lowest BCUT2D eigenvalue weighted by molar-refractivity contribution is -0.115. The summed E-state index contributed by atoms with van der Waals surface area (Å²) in [5.41, 5.74) is 7.26. The lowest BCUT2D eigenvalue weighted by Gasteiger charge is -2.06. The Hall–Kier alpha value is -1.55. The molecule has 0 bridgehead atoms. The molecule has 1 aromatic carbocycles. The summed E-state index contributed by atoms with van der Waals surface area (Å²) in [4.78, 5) is 11.1. The maximum absolute atomic E-state index is 11.1. The minimum atomic E-state index is 0.0455. The lowest BCUT2D eigenvalue weighted by atomic mass is 10.1. The van der Waals surface area contributed by atoms with Crippen LogP contribution in [0.3, 0.4) is 0 Å². The molecule has 3 N–H and O–H groups in total. The van der Waals surface area contributed by atoms with E-state index in [2.05, 4.69) is 5.32 Å². The number of hydrogen-bond acceptors (Lipinski definition) is 3. The SMILES string of the molecule is NCCCOc1ccc2c(c1)NC(=O)C2. The predicted molar refractivity (Wildman–Crippen MR) is 57.9 cm³/mol. The fourth-order valence-electron chi connectivity index (χ4n) is 1.56. The van der Waals surface area contributed by atoms with Gasteiger partial charge in [-0.1, -0.05) is 6.07 Å². The molecule has 0 fully saturated rings. The minimum absolute atomic E-state index is 0.0455. The quantitative estimate of drug-likeness (QED) is 0.720. The van der Waals surface area contributed by atoms with Crippen LogP contribution in [0.15, 0.2) is 18.2 Å². The molecule has 0 saturated heterocycles. The maximum Gasteiger partial charge on any atom is 0.228 e. The van der Waals surface area contributed by atoms with Gasteiger partial charge in [-0.15, -0.1) is 0 Å². The van der Waals surface area contributed by atoms with Crippen LogP contribution in [0.5, 0.6) is 5.75 Å². The molecule has 0 saturated carbocycles. The Bertz CT molecular complexity index is 377. The number of nitrogens with two attached hydrogens (primary N) is 1. The first-order chi connectivity index (χ1) is 7.29. The number of carbonyl (C=O) groups excluding carboxylic acids is 1. The Labute approximate surface area is 88.4 Å². The van der Waals surface area contributed by atoms with Crippen molar-refractivity contribution in [2.45, 2.75) is 12.8 Å². The van der Waals surface area contributed by atoms with Gasteiger partial charge in [-0.3, -0.25) is 4.79 Å². The van der Waals surface area contributed by atoms with Crippen molar-refractivity contribution in [3.05, 3.63) is 23.8 Å². The molecule has 1 aliphatic heterocycles. The summed E-state index contributed by atoms with van der Waals surface area (Å²) in [6.07, 6.45) is 1.31. The van der Waals surface area contributed by atoms with Gasteiger partial charge in [0.1, 0.15) is 5.75 Å². The van der Waals surface area contributed by atoms with E-state index in [0.29, 0.717) is 19.6 Å². The van der Waals surface area contributed by atoms with E-state index >= 15 is 0 Å². The first-order valence-corrected chi connectivity index (χ1v) is 5.05. The monoisotopic (exact) mass is 206 g/mol. The number of hydrogen-bond donors (Lipinski definition) is 2. The Morgan fingerprint density at radius 2 is 2.33 bits per heavy atom. The number of carbonyl (C=O) groups is 1. The summed E-state index contributed by atoms with van der Waals surface area (Å²) in [5.74, 6) is 0.827. The lowest BCUT2D eigenvalue weighted by Crippen LogP contribution is -2.06. The van der Waals surface area contributed by atoms with Crippen LogP contribution in [0, 0.1) is 0 Å². The van der Waals surface area contributed by atoms with Gasteiger partial charge in [-0.2, -0.15) is 0 Å². The van der Waals surface area contributed by atoms with Crippen LogP contribution < -0.4 is 15.8 Å². The number of fused-ring (bicyclic) bond motifs is 1. The molecule has 1 amide bonds. The molecular formula is C11H14N2O2. The highest BCUT2D eigenvalue weighted by molar-refractivity contribution is 5.99. The third-order valence-electron chi connectivity index (χ3n) is 2.32. The first kappa shape index (κ1) is 9.98. The number of ether oxygens (including phenoxy) is 1. The molecule has 0 radical (unpaired) electrons. The largest absolute Gasteiger partial charge is 0.493 e. The van der Waals surface area contributed by atoms with Crippen LogP contribution in [0.1, 0.15) is 12.0 Å². The smallest absolute Gasteiger partial charge is 0.228 e. The van der Waals surface area contributed by atoms with E-state index in [0.717, 1.165) is 23.4 Å². The van der Waals surface area contributed by atoms with Crippen LogP contribution in [-0.4, -0.2) is 19.1 Å². The third kappa shape index (κ3) is 2.27. The van der Waals surface area contributed by atoms with E-state index in [4.69, 9.17) is 10.5 Å². The highest BCUT2D eigenvalue weighted by Gasteiger charge is 2.17. The van der Waals surface area contributed by atoms with Crippen LogP contribution >= 0.6 is 0 Å². The fourth-order valence-corrected chi connectivity index (χ4v) is 1.56. The van der Waals surface area contributed by atoms with Crippen LogP contribution in [0.4, 0.5) is 5.69 Å². The zero-order chi connectivity index (χ0) is 10.7. The Morgan fingerprint density at radius 3 is 3.13 bits per heavy atom. The van der Waals surface area contributed by atoms with Gasteiger partial charge in [0.05, 0.1) is 13.0 Å². The molecule has 4 heteroatoms. The van der Waals surface area contributed by atoms with Crippen molar-refractivity contribution in [2.24, 2.45) is 5.73 Å². The molecule has 80 valence electrons. The van der Waals surface area contributed by atoms with Crippen molar-refractivity contribution in [1.82, 2.24) is 0 Å². The molecule has 1 aromatic rings. The highest BCUT2D eigenvalue weighted by atomic mass is 16.5. The molecule has 2 rings (SSSR count). The summed E-state index contributed by atoms with van der Waals surface area (Å²) in [6.45, 7) is 1.24. The molecule has 0 aliphatic carbocycles. The van der Waals surface area contributed by atoms with E-state index in [9.17, 15) is 4.79 Å². The summed E-state index contributed by atoms with van der Waals surface area (Å²) in [7, 11) is 0. The standard InChI is InChI=1S/C11H14N2O2/c12-4-1-5-15-9-3-2-8-6-11(14)13-10(8)7-9/h2-3,7H,1,4-6,12H2,(H,13,14). The number of benzene rings is 1. The summed E-state index contributed by atoms with van der Waals surface area (Å²) >= 11 is 0. The van der Waals surface area contributed by atoms with Gasteiger partial charge in [-0.05, 0) is 24.6 Å². The summed E-state index contributed by atoms with van der Waals surface area (Å²) in [5, 5.41) is 2.78. The van der Waals surface area contributed by atoms with E-state index in [1.165, 1.54) is 0 Å². The van der Waals surface area contributed by atoms with Gasteiger partial charge in [0.25, 0.3) is 0 Å². The maximum atomic E-state index is 11.1. The highest BCUT2D eigenvalue weighted by Crippen LogP contribution is 2.27. The van der Waals surface area contributed by atoms with E-state index in [-0.39, 0.29) is 5.91 Å². The molecule has 0 aromatic heterocycles. The zero-order valence-electron chi connectivity index (χ0n) is 8.45. The number of nitrogens with one attached hydrogen (secondary N) is 1. The third-order valence-corrected chi connectivity index (χ3v) is 2.32. The van der Waals surface area contributed by atoms with E-state index < -0.39 is 0 Å². The molecule has 15 heavy (non-hydrogen) atoms. The van der Waals surface area contributed by atoms with Crippen molar-refractivity contribution in [2.75, 3.05) is 18.5 Å². The van der Waals surface area contributed by atoms with Gasteiger partial charge >= 0.3 is 0 Å². The average molecular weight is 206 g/mol. The topological polar surface area (TPSA) is 64.3 Å². The average Bonchev–Trinajstić information content (AvgIpc) is 2.57. The first-order valence-electron chi connectivity index (χ1n) is 5.05. The van der Waals surface area contributed by atoms with Gasteiger partial charge in [0, 0.05) is 11.8 Å². The number of rotatable bonds is 4. The minimum Gasteiger partial charge on any atom is -0.493 e. The Morgan fingerprint density at radius 1 is 1.47 bits per heavy atom. The fraction of sp³-hybridized carbons (Fsp3) is 0.364. The predicted octanol–water partition coefficient (Wildman–Crippen LogP) is 0.909. The van der Waals surface area contributed by atoms with Crippen molar-refractivity contribution < 1.29 is 9.53 Å². The van der Waals surface area contributed by atoms with Gasteiger partial charge in [0.15, 0.2) is 0 Å². The zero-order valence-corrected chi connectivity index (χ0v) is 8.45. The van der Waals surface area contributed by atoms with Gasteiger partial charge in [-0.25, -0.2) is 0 Å². The molecular weight excluding hydrogens is 192 g/mol. The van der Waals surface area contributed by atoms with Gasteiger partial charge < -0.3 is 15.8 Å². The van der Waals surface area contributed by atoms with Crippen molar-refractivity contribution in [1.29, 1.82) is 0 Å². The molecule has 1 aliphatic rings. The van der Waals surface area contributed by atoms with Crippen molar-refractivity contribution >= 4 is 11.6 Å². The Kier molecular flexibility index (Phi) is 2.87. The van der Waals surface area contributed by atoms with E-state index in [1.54, 1.807) is 0 Å². The number of amides is 1. The van der Waals surface area contributed by atoms with Crippen LogP contribution in [0.2, 0.25) is 0 Å². The van der Waals surface area contributed by atoms with Crippen LogP contribution in [0.25, 0.3) is 0 Å². The number of anilines is 1. The summed E-state index contributed by atoms with van der Waals surface area (Å²) in [6, 6.07) is 5.66. The molecule has 4 nitrogen and oxygen atoms in total. The second kappa shape index (κ2) is 4.31. The van der Waals surface area contributed by atoms with Crippen LogP contribution in [-0.2, 0) is 11.2 Å². The summed E-state index contributed by atoms with van der Waals surface area (Å²) < 4.78 is 5.48. The molecule has 1 heterocycles.